The van der Waals surface area contributed by atoms with Gasteiger partial charge in [0.05, 0.1) is 4.90 Å². The average Bonchev–Trinajstić information content (AvgIpc) is 2.47. The molecule has 2 rings (SSSR count). The number of aryl methyl sites for hydroxylation is 2. The van der Waals surface area contributed by atoms with Gasteiger partial charge in [-0.05, 0) is 31.9 Å². The van der Waals surface area contributed by atoms with E-state index in [9.17, 15) is 8.42 Å². The smallest absolute Gasteiger partial charge is 0.243 e. The molecule has 1 aliphatic heterocycles. The lowest BCUT2D eigenvalue weighted by Gasteiger charge is -2.34. The van der Waals surface area contributed by atoms with Gasteiger partial charge in [0.15, 0.2) is 0 Å². The highest BCUT2D eigenvalue weighted by Crippen LogP contribution is 2.22. The largest absolute Gasteiger partial charge is 0.385 e. The fourth-order valence-corrected chi connectivity index (χ4v) is 4.48. The highest BCUT2D eigenvalue weighted by Gasteiger charge is 2.29. The Balaban J connectivity index is 2.00. The van der Waals surface area contributed by atoms with Gasteiger partial charge in [-0.3, -0.25) is 0 Å². The van der Waals surface area contributed by atoms with Crippen LogP contribution in [0.25, 0.3) is 0 Å². The van der Waals surface area contributed by atoms with Gasteiger partial charge in [0.2, 0.25) is 10.0 Å². The minimum Gasteiger partial charge on any atom is -0.385 e. The molecule has 1 aliphatic rings. The van der Waals surface area contributed by atoms with E-state index in [1.165, 1.54) is 0 Å². The van der Waals surface area contributed by atoms with Crippen molar-refractivity contribution >= 4 is 10.0 Å². The molecule has 1 fully saturated rings. The predicted octanol–water partition coefficient (Wildman–Crippen LogP) is 1.65. The van der Waals surface area contributed by atoms with Gasteiger partial charge in [0.25, 0.3) is 0 Å². The summed E-state index contributed by atoms with van der Waals surface area (Å²) < 4.78 is 32.2. The van der Waals surface area contributed by atoms with Gasteiger partial charge < -0.3 is 9.64 Å². The van der Waals surface area contributed by atoms with Crippen molar-refractivity contribution in [3.05, 3.63) is 29.3 Å². The van der Waals surface area contributed by atoms with Crippen LogP contribution >= 0.6 is 0 Å². The third-order valence-corrected chi connectivity index (χ3v) is 6.16. The van der Waals surface area contributed by atoms with Gasteiger partial charge in [0.1, 0.15) is 0 Å². The maximum Gasteiger partial charge on any atom is 0.243 e. The number of benzene rings is 1. The molecular weight excluding hydrogens is 300 g/mol. The van der Waals surface area contributed by atoms with Crippen LogP contribution in [0.1, 0.15) is 17.5 Å². The Kier molecular flexibility index (Phi) is 5.97. The molecule has 0 aliphatic carbocycles. The molecule has 124 valence electrons. The van der Waals surface area contributed by atoms with E-state index in [1.54, 1.807) is 17.5 Å². The Morgan fingerprint density at radius 3 is 2.41 bits per heavy atom. The third-order valence-electron chi connectivity index (χ3n) is 4.10. The van der Waals surface area contributed by atoms with Crippen LogP contribution in [0.5, 0.6) is 0 Å². The maximum absolute atomic E-state index is 12.8. The summed E-state index contributed by atoms with van der Waals surface area (Å²) in [5.74, 6) is 0. The highest BCUT2D eigenvalue weighted by atomic mass is 32.2. The fourth-order valence-electron chi connectivity index (χ4n) is 2.85. The molecule has 0 amide bonds. The van der Waals surface area contributed by atoms with Gasteiger partial charge >= 0.3 is 0 Å². The molecule has 0 aromatic heterocycles. The molecule has 1 aromatic carbocycles. The second kappa shape index (κ2) is 7.55. The van der Waals surface area contributed by atoms with Crippen molar-refractivity contribution in [2.75, 3.05) is 46.4 Å². The summed E-state index contributed by atoms with van der Waals surface area (Å²) >= 11 is 0. The Hall–Kier alpha value is -0.950. The molecule has 0 radical (unpaired) electrons. The number of sulfonamides is 1. The zero-order valence-electron chi connectivity index (χ0n) is 13.7. The van der Waals surface area contributed by atoms with Crippen molar-refractivity contribution in [3.8, 4) is 0 Å². The first-order valence-corrected chi connectivity index (χ1v) is 9.18. The predicted molar refractivity (Wildman–Crippen MR) is 87.6 cm³/mol. The first kappa shape index (κ1) is 17.4. The summed E-state index contributed by atoms with van der Waals surface area (Å²) in [5.41, 5.74) is 1.90. The monoisotopic (exact) mass is 326 g/mol. The van der Waals surface area contributed by atoms with E-state index < -0.39 is 10.0 Å². The van der Waals surface area contributed by atoms with Crippen LogP contribution < -0.4 is 0 Å². The summed E-state index contributed by atoms with van der Waals surface area (Å²) in [5, 5.41) is 0. The second-order valence-electron chi connectivity index (χ2n) is 5.86. The molecule has 6 heteroatoms. The van der Waals surface area contributed by atoms with Crippen molar-refractivity contribution < 1.29 is 13.2 Å². The van der Waals surface area contributed by atoms with Crippen molar-refractivity contribution in [1.82, 2.24) is 9.21 Å². The molecule has 1 aromatic rings. The van der Waals surface area contributed by atoms with E-state index in [1.807, 2.05) is 26.0 Å². The minimum atomic E-state index is -3.38. The zero-order chi connectivity index (χ0) is 16.2. The van der Waals surface area contributed by atoms with Gasteiger partial charge in [-0.1, -0.05) is 17.7 Å². The number of rotatable bonds is 6. The molecule has 0 N–H and O–H groups in total. The van der Waals surface area contributed by atoms with Crippen molar-refractivity contribution in [2.45, 2.75) is 25.2 Å². The molecule has 0 saturated carbocycles. The molecule has 0 bridgehead atoms. The number of nitrogens with zero attached hydrogens (tertiary/aromatic N) is 2. The van der Waals surface area contributed by atoms with Gasteiger partial charge in [-0.25, -0.2) is 8.42 Å². The number of ether oxygens (including phenoxy) is 1. The van der Waals surface area contributed by atoms with Crippen molar-refractivity contribution in [1.29, 1.82) is 0 Å². The van der Waals surface area contributed by atoms with Crippen LogP contribution in [0.3, 0.4) is 0 Å². The van der Waals surface area contributed by atoms with E-state index in [-0.39, 0.29) is 0 Å². The summed E-state index contributed by atoms with van der Waals surface area (Å²) in [6.07, 6.45) is 0.986. The van der Waals surface area contributed by atoms with Crippen molar-refractivity contribution in [2.24, 2.45) is 0 Å². The van der Waals surface area contributed by atoms with Crippen LogP contribution in [0.2, 0.25) is 0 Å². The number of methoxy groups -OCH3 is 1. The molecule has 1 heterocycles. The standard InChI is InChI=1S/C16H26N2O3S/c1-14-5-6-16(15(2)13-14)22(19,20)18-10-8-17(9-11-18)7-4-12-21-3/h5-6,13H,4,7-12H2,1-3H3. The van der Waals surface area contributed by atoms with Crippen LogP contribution in [0.4, 0.5) is 0 Å². The molecule has 0 spiro atoms. The lowest BCUT2D eigenvalue weighted by molar-refractivity contribution is 0.149. The van der Waals surface area contributed by atoms with Gasteiger partial charge in [0, 0.05) is 46.4 Å². The lowest BCUT2D eigenvalue weighted by Crippen LogP contribution is -2.48. The Morgan fingerprint density at radius 2 is 1.82 bits per heavy atom. The Labute approximate surface area is 133 Å². The second-order valence-corrected chi connectivity index (χ2v) is 7.77. The molecule has 1 saturated heterocycles. The lowest BCUT2D eigenvalue weighted by atomic mass is 10.2. The quantitative estimate of drug-likeness (QED) is 0.746. The fraction of sp³-hybridized carbons (Fsp3) is 0.625. The number of hydrogen-bond donors (Lipinski definition) is 0. The van der Waals surface area contributed by atoms with Gasteiger partial charge in [-0.2, -0.15) is 4.31 Å². The zero-order valence-corrected chi connectivity index (χ0v) is 14.5. The third kappa shape index (κ3) is 4.07. The summed E-state index contributed by atoms with van der Waals surface area (Å²) in [7, 11) is -1.67. The van der Waals surface area contributed by atoms with Gasteiger partial charge in [-0.15, -0.1) is 0 Å². The van der Waals surface area contributed by atoms with Crippen LogP contribution in [0.15, 0.2) is 23.1 Å². The molecular formula is C16H26N2O3S. The van der Waals surface area contributed by atoms with Crippen LogP contribution in [-0.2, 0) is 14.8 Å². The first-order valence-electron chi connectivity index (χ1n) is 7.74. The summed E-state index contributed by atoms with van der Waals surface area (Å²) in [6.45, 7) is 8.24. The highest BCUT2D eigenvalue weighted by molar-refractivity contribution is 7.89. The number of piperazine rings is 1. The van der Waals surface area contributed by atoms with E-state index >= 15 is 0 Å². The van der Waals surface area contributed by atoms with Crippen molar-refractivity contribution in [3.63, 3.8) is 0 Å². The van der Waals surface area contributed by atoms with Crippen LogP contribution in [0, 0.1) is 13.8 Å². The molecule has 0 atom stereocenters. The topological polar surface area (TPSA) is 49.9 Å². The van der Waals surface area contributed by atoms with E-state index in [0.717, 1.165) is 43.8 Å². The first-order chi connectivity index (χ1) is 10.4. The van der Waals surface area contributed by atoms with Crippen LogP contribution in [-0.4, -0.2) is 64.1 Å². The van der Waals surface area contributed by atoms with E-state index in [2.05, 4.69) is 4.90 Å². The molecule has 22 heavy (non-hydrogen) atoms. The summed E-state index contributed by atoms with van der Waals surface area (Å²) in [6, 6.07) is 5.51. The summed E-state index contributed by atoms with van der Waals surface area (Å²) in [4.78, 5) is 2.73. The number of hydrogen-bond acceptors (Lipinski definition) is 4. The van der Waals surface area contributed by atoms with E-state index in [0.29, 0.717) is 18.0 Å². The maximum atomic E-state index is 12.8. The minimum absolute atomic E-state index is 0.436. The van der Waals surface area contributed by atoms with E-state index in [4.69, 9.17) is 4.74 Å². The SMILES string of the molecule is COCCCN1CCN(S(=O)(=O)c2ccc(C)cc2C)CC1. The average molecular weight is 326 g/mol. The molecule has 0 unspecified atom stereocenters. The normalized spacial score (nSPS) is 17.8. The Bertz CT molecular complexity index is 593. The Morgan fingerprint density at radius 1 is 1.14 bits per heavy atom. The molecule has 5 nitrogen and oxygen atoms in total.